The quantitative estimate of drug-likeness (QED) is 0.586. The van der Waals surface area contributed by atoms with Crippen molar-refractivity contribution in [3.63, 3.8) is 0 Å². The number of carboxylic acid groups (broad SMARTS) is 1. The Hall–Kier alpha value is -3.89. The van der Waals surface area contributed by atoms with Crippen LogP contribution in [0.3, 0.4) is 0 Å². The van der Waals surface area contributed by atoms with Gasteiger partial charge in [0, 0.05) is 54.3 Å². The van der Waals surface area contributed by atoms with E-state index in [-0.39, 0.29) is 5.91 Å². The minimum atomic E-state index is -5.08. The normalized spacial score (nSPS) is 13.3. The van der Waals surface area contributed by atoms with Crippen molar-refractivity contribution in [2.45, 2.75) is 19.0 Å². The minimum absolute atomic E-state index is 0.159. The number of aliphatic carboxylic acids is 1. The number of carbonyl (C=O) groups is 2. The predicted octanol–water partition coefficient (Wildman–Crippen LogP) is 3.55. The van der Waals surface area contributed by atoms with E-state index in [0.29, 0.717) is 31.5 Å². The lowest BCUT2D eigenvalue weighted by Crippen LogP contribution is -2.33. The summed E-state index contributed by atoms with van der Waals surface area (Å²) >= 11 is 0. The average Bonchev–Trinajstić information content (AvgIpc) is 3.02. The molecule has 1 aliphatic heterocycles. The van der Waals surface area contributed by atoms with Crippen molar-refractivity contribution < 1.29 is 32.3 Å². The number of nitrogens with zero attached hydrogens (tertiary/aromatic N) is 4. The van der Waals surface area contributed by atoms with Gasteiger partial charge in [-0.2, -0.15) is 13.2 Å². The highest BCUT2D eigenvalue weighted by Gasteiger charge is 2.38. The van der Waals surface area contributed by atoms with Gasteiger partial charge in [-0.1, -0.05) is 6.07 Å². The van der Waals surface area contributed by atoms with Gasteiger partial charge in [0.15, 0.2) is 0 Å². The molecule has 11 heteroatoms. The van der Waals surface area contributed by atoms with Crippen molar-refractivity contribution in [1.82, 2.24) is 19.9 Å². The smallest absolute Gasteiger partial charge is 0.475 e. The second-order valence-corrected chi connectivity index (χ2v) is 6.99. The third-order valence-corrected chi connectivity index (χ3v) is 4.82. The van der Waals surface area contributed by atoms with Crippen molar-refractivity contribution in [2.24, 2.45) is 0 Å². The Bertz CT molecular complexity index is 1140. The Kier molecular flexibility index (Phi) is 7.31. The Morgan fingerprint density at radius 2 is 1.76 bits per heavy atom. The van der Waals surface area contributed by atoms with Gasteiger partial charge in [-0.05, 0) is 36.8 Å². The van der Waals surface area contributed by atoms with E-state index in [0.717, 1.165) is 22.5 Å². The van der Waals surface area contributed by atoms with Crippen molar-refractivity contribution in [2.75, 3.05) is 13.1 Å². The molecule has 2 aromatic heterocycles. The Labute approximate surface area is 185 Å². The summed E-state index contributed by atoms with van der Waals surface area (Å²) in [6, 6.07) is 9.66. The SMILES string of the molecule is O=C(O)C(F)(F)F.O=C(c1cccc(F)c1)N1CCc2ncnc(-c3cccnc3)c2CC1. The Morgan fingerprint density at radius 1 is 1.03 bits per heavy atom. The molecule has 0 atom stereocenters. The molecule has 7 nitrogen and oxygen atoms in total. The zero-order valence-electron chi connectivity index (χ0n) is 17.1. The summed E-state index contributed by atoms with van der Waals surface area (Å²) in [4.78, 5) is 36.4. The Balaban J connectivity index is 0.000000383. The van der Waals surface area contributed by atoms with Gasteiger partial charge >= 0.3 is 12.1 Å². The third kappa shape index (κ3) is 6.09. The molecule has 0 bridgehead atoms. The molecule has 0 aliphatic carbocycles. The number of rotatable bonds is 2. The fourth-order valence-electron chi connectivity index (χ4n) is 3.29. The first-order valence-electron chi connectivity index (χ1n) is 9.75. The zero-order chi connectivity index (χ0) is 24.0. The maximum absolute atomic E-state index is 13.4. The second kappa shape index (κ2) is 10.2. The summed E-state index contributed by atoms with van der Waals surface area (Å²) in [5.41, 5.74) is 4.18. The van der Waals surface area contributed by atoms with E-state index in [9.17, 15) is 22.4 Å². The fourth-order valence-corrected chi connectivity index (χ4v) is 3.29. The van der Waals surface area contributed by atoms with Crippen LogP contribution in [0.25, 0.3) is 11.3 Å². The first-order valence-corrected chi connectivity index (χ1v) is 9.75. The number of benzene rings is 1. The summed E-state index contributed by atoms with van der Waals surface area (Å²) < 4.78 is 45.2. The fraction of sp³-hybridized carbons (Fsp3) is 0.227. The maximum atomic E-state index is 13.4. The summed E-state index contributed by atoms with van der Waals surface area (Å²) in [5.74, 6) is -3.32. The van der Waals surface area contributed by atoms with Gasteiger partial charge < -0.3 is 10.0 Å². The number of alkyl halides is 3. The number of amides is 1. The molecule has 172 valence electrons. The van der Waals surface area contributed by atoms with Crippen LogP contribution in [-0.4, -0.2) is 56.1 Å². The zero-order valence-corrected chi connectivity index (χ0v) is 17.1. The molecular formula is C22H18F4N4O3. The average molecular weight is 462 g/mol. The third-order valence-electron chi connectivity index (χ3n) is 4.82. The van der Waals surface area contributed by atoms with Crippen LogP contribution < -0.4 is 0 Å². The van der Waals surface area contributed by atoms with Crippen LogP contribution in [0.5, 0.6) is 0 Å². The number of hydrogen-bond acceptors (Lipinski definition) is 5. The lowest BCUT2D eigenvalue weighted by atomic mass is 10.0. The molecule has 0 radical (unpaired) electrons. The molecular weight excluding hydrogens is 444 g/mol. The number of halogens is 4. The van der Waals surface area contributed by atoms with E-state index in [1.165, 1.54) is 12.1 Å². The van der Waals surface area contributed by atoms with Gasteiger partial charge in [0.25, 0.3) is 5.91 Å². The molecule has 0 saturated heterocycles. The lowest BCUT2D eigenvalue weighted by molar-refractivity contribution is -0.192. The van der Waals surface area contributed by atoms with E-state index >= 15 is 0 Å². The van der Waals surface area contributed by atoms with Gasteiger partial charge in [0.1, 0.15) is 12.1 Å². The monoisotopic (exact) mass is 462 g/mol. The van der Waals surface area contributed by atoms with Crippen molar-refractivity contribution in [1.29, 1.82) is 0 Å². The van der Waals surface area contributed by atoms with Crippen LogP contribution in [0.1, 0.15) is 21.6 Å². The van der Waals surface area contributed by atoms with E-state index in [4.69, 9.17) is 9.90 Å². The van der Waals surface area contributed by atoms with Crippen LogP contribution in [-0.2, 0) is 17.6 Å². The summed E-state index contributed by atoms with van der Waals surface area (Å²) in [6.45, 7) is 1.09. The highest BCUT2D eigenvalue weighted by Crippen LogP contribution is 2.25. The summed E-state index contributed by atoms with van der Waals surface area (Å²) in [7, 11) is 0. The molecule has 1 aliphatic rings. The molecule has 0 unspecified atom stereocenters. The molecule has 4 rings (SSSR count). The van der Waals surface area contributed by atoms with Crippen LogP contribution in [0.4, 0.5) is 17.6 Å². The summed E-state index contributed by atoms with van der Waals surface area (Å²) in [5, 5.41) is 7.12. The number of aromatic nitrogens is 3. The molecule has 0 spiro atoms. The van der Waals surface area contributed by atoms with Gasteiger partial charge in [-0.15, -0.1) is 0 Å². The maximum Gasteiger partial charge on any atom is 0.490 e. The predicted molar refractivity (Wildman–Crippen MR) is 109 cm³/mol. The van der Waals surface area contributed by atoms with Crippen molar-refractivity contribution >= 4 is 11.9 Å². The molecule has 1 aromatic carbocycles. The molecule has 0 saturated carbocycles. The van der Waals surface area contributed by atoms with E-state index in [2.05, 4.69) is 15.0 Å². The van der Waals surface area contributed by atoms with E-state index < -0.39 is 18.0 Å². The number of carbonyl (C=O) groups excluding carboxylic acids is 1. The van der Waals surface area contributed by atoms with E-state index in [1.54, 1.807) is 35.8 Å². The number of hydrogen-bond donors (Lipinski definition) is 1. The highest BCUT2D eigenvalue weighted by molar-refractivity contribution is 5.94. The van der Waals surface area contributed by atoms with Crippen LogP contribution >= 0.6 is 0 Å². The van der Waals surface area contributed by atoms with Gasteiger partial charge in [-0.25, -0.2) is 19.2 Å². The first kappa shape index (κ1) is 23.8. The van der Waals surface area contributed by atoms with Crippen LogP contribution in [0, 0.1) is 5.82 Å². The molecule has 0 fully saturated rings. The molecule has 33 heavy (non-hydrogen) atoms. The van der Waals surface area contributed by atoms with E-state index in [1.807, 2.05) is 12.1 Å². The Morgan fingerprint density at radius 3 is 2.39 bits per heavy atom. The van der Waals surface area contributed by atoms with Gasteiger partial charge in [0.2, 0.25) is 0 Å². The van der Waals surface area contributed by atoms with Crippen molar-refractivity contribution in [3.8, 4) is 11.3 Å². The molecule has 3 heterocycles. The standard InChI is InChI=1S/C20H17FN4O.C2HF3O2/c21-16-5-1-3-14(11-16)20(26)25-9-6-17-18(7-10-25)23-13-24-19(17)15-4-2-8-22-12-15;3-2(4,5)1(6)7/h1-5,8,11-13H,6-7,9-10H2;(H,6,7). The first-order chi connectivity index (χ1) is 15.7. The van der Waals surface area contributed by atoms with Gasteiger partial charge in [0.05, 0.1) is 5.69 Å². The second-order valence-electron chi connectivity index (χ2n) is 6.99. The highest BCUT2D eigenvalue weighted by atomic mass is 19.4. The van der Waals surface area contributed by atoms with Gasteiger partial charge in [-0.3, -0.25) is 9.78 Å². The number of fused-ring (bicyclic) bond motifs is 1. The molecule has 3 aromatic rings. The minimum Gasteiger partial charge on any atom is -0.475 e. The number of carboxylic acids is 1. The topological polar surface area (TPSA) is 96.3 Å². The summed E-state index contributed by atoms with van der Waals surface area (Å²) in [6.07, 6.45) is 1.28. The van der Waals surface area contributed by atoms with Crippen molar-refractivity contribution in [3.05, 3.63) is 77.8 Å². The van der Waals surface area contributed by atoms with Crippen LogP contribution in [0.15, 0.2) is 55.1 Å². The lowest BCUT2D eigenvalue weighted by Gasteiger charge is -2.20. The molecule has 1 N–H and O–H groups in total. The largest absolute Gasteiger partial charge is 0.490 e. The molecule has 1 amide bonds. The van der Waals surface area contributed by atoms with Crippen LogP contribution in [0.2, 0.25) is 0 Å². The number of pyridine rings is 1.